The van der Waals surface area contributed by atoms with Crippen molar-refractivity contribution in [2.24, 2.45) is 0 Å². The summed E-state index contributed by atoms with van der Waals surface area (Å²) < 4.78 is 1.20. The largest absolute Gasteiger partial charge is 0.332 e. The monoisotopic (exact) mass is 382 g/mol. The average Bonchev–Trinajstić information content (AvgIpc) is 2.37. The molecular formula is C15H15IN2S. The molecule has 2 rings (SSSR count). The van der Waals surface area contributed by atoms with E-state index in [9.17, 15) is 0 Å². The van der Waals surface area contributed by atoms with Gasteiger partial charge in [-0.15, -0.1) is 0 Å². The van der Waals surface area contributed by atoms with Crippen molar-refractivity contribution in [1.29, 1.82) is 0 Å². The van der Waals surface area contributed by atoms with Crippen molar-refractivity contribution in [3.05, 3.63) is 57.2 Å². The van der Waals surface area contributed by atoms with Gasteiger partial charge in [0.25, 0.3) is 0 Å². The molecule has 4 heteroatoms. The van der Waals surface area contributed by atoms with E-state index in [1.165, 1.54) is 14.7 Å². The van der Waals surface area contributed by atoms with Crippen LogP contribution in [0.15, 0.2) is 42.5 Å². The SMILES string of the molecule is Cc1ccc(NC(=S)Nc2ccc(I)cc2)cc1C. The number of thiocarbonyl (C=S) groups is 1. The molecule has 19 heavy (non-hydrogen) atoms. The predicted octanol–water partition coefficient (Wildman–Crippen LogP) is 4.72. The molecule has 2 aromatic carbocycles. The smallest absolute Gasteiger partial charge is 0.175 e. The molecule has 0 unspecified atom stereocenters. The van der Waals surface area contributed by atoms with E-state index in [1.54, 1.807) is 0 Å². The molecule has 2 N–H and O–H groups in total. The second kappa shape index (κ2) is 6.34. The Hall–Kier alpha value is -1.14. The van der Waals surface area contributed by atoms with Crippen LogP contribution in [0.25, 0.3) is 0 Å². The summed E-state index contributed by atoms with van der Waals surface area (Å²) in [6.45, 7) is 4.19. The van der Waals surface area contributed by atoms with E-state index in [2.05, 4.69) is 59.2 Å². The third-order valence-electron chi connectivity index (χ3n) is 2.87. The van der Waals surface area contributed by atoms with Gasteiger partial charge in [0.2, 0.25) is 0 Å². The average molecular weight is 382 g/mol. The van der Waals surface area contributed by atoms with E-state index >= 15 is 0 Å². The Labute approximate surface area is 132 Å². The van der Waals surface area contributed by atoms with Gasteiger partial charge >= 0.3 is 0 Å². The summed E-state index contributed by atoms with van der Waals surface area (Å²) in [4.78, 5) is 0. The molecule has 0 amide bonds. The highest BCUT2D eigenvalue weighted by Gasteiger charge is 2.00. The highest BCUT2D eigenvalue weighted by molar-refractivity contribution is 14.1. The molecule has 0 aliphatic rings. The lowest BCUT2D eigenvalue weighted by Gasteiger charge is -2.11. The molecule has 0 radical (unpaired) electrons. The van der Waals surface area contributed by atoms with Crippen LogP contribution in [0.5, 0.6) is 0 Å². The Bertz CT molecular complexity index is 594. The third kappa shape index (κ3) is 4.18. The van der Waals surface area contributed by atoms with E-state index in [4.69, 9.17) is 12.2 Å². The first kappa shape index (κ1) is 14.3. The maximum atomic E-state index is 5.30. The van der Waals surface area contributed by atoms with Gasteiger partial charge in [0, 0.05) is 14.9 Å². The van der Waals surface area contributed by atoms with Crippen LogP contribution in [0.1, 0.15) is 11.1 Å². The van der Waals surface area contributed by atoms with Gasteiger partial charge in [0.05, 0.1) is 0 Å². The second-order valence-corrected chi connectivity index (χ2v) is 6.04. The van der Waals surface area contributed by atoms with E-state index < -0.39 is 0 Å². The van der Waals surface area contributed by atoms with E-state index in [0.29, 0.717) is 5.11 Å². The van der Waals surface area contributed by atoms with Crippen molar-refractivity contribution in [2.45, 2.75) is 13.8 Å². The lowest BCUT2D eigenvalue weighted by Crippen LogP contribution is -2.19. The van der Waals surface area contributed by atoms with Gasteiger partial charge < -0.3 is 10.6 Å². The van der Waals surface area contributed by atoms with Crippen LogP contribution in [-0.4, -0.2) is 5.11 Å². The quantitative estimate of drug-likeness (QED) is 0.581. The minimum Gasteiger partial charge on any atom is -0.332 e. The van der Waals surface area contributed by atoms with E-state index in [0.717, 1.165) is 11.4 Å². The summed E-state index contributed by atoms with van der Waals surface area (Å²) in [6.07, 6.45) is 0. The van der Waals surface area contributed by atoms with Crippen molar-refractivity contribution < 1.29 is 0 Å². The van der Waals surface area contributed by atoms with E-state index in [1.807, 2.05) is 30.3 Å². The van der Waals surface area contributed by atoms with Crippen molar-refractivity contribution in [1.82, 2.24) is 0 Å². The zero-order chi connectivity index (χ0) is 13.8. The minimum absolute atomic E-state index is 0.601. The van der Waals surface area contributed by atoms with Crippen LogP contribution < -0.4 is 10.6 Å². The van der Waals surface area contributed by atoms with Crippen LogP contribution in [0.2, 0.25) is 0 Å². The molecule has 98 valence electrons. The molecule has 0 saturated carbocycles. The molecule has 0 bridgehead atoms. The van der Waals surface area contributed by atoms with Crippen molar-refractivity contribution in [3.8, 4) is 0 Å². The lowest BCUT2D eigenvalue weighted by molar-refractivity contribution is 1.34. The molecular weight excluding hydrogens is 367 g/mol. The number of anilines is 2. The molecule has 2 aromatic rings. The standard InChI is InChI=1S/C15H15IN2S/c1-10-3-6-14(9-11(10)2)18-15(19)17-13-7-4-12(16)5-8-13/h3-9H,1-2H3,(H2,17,18,19). The number of hydrogen-bond donors (Lipinski definition) is 2. The summed E-state index contributed by atoms with van der Waals surface area (Å²) in [5.41, 5.74) is 4.52. The van der Waals surface area contributed by atoms with Gasteiger partial charge in [-0.3, -0.25) is 0 Å². The van der Waals surface area contributed by atoms with Crippen LogP contribution >= 0.6 is 34.8 Å². The van der Waals surface area contributed by atoms with Crippen molar-refractivity contribution in [2.75, 3.05) is 10.6 Å². The topological polar surface area (TPSA) is 24.1 Å². The van der Waals surface area contributed by atoms with Crippen molar-refractivity contribution in [3.63, 3.8) is 0 Å². The van der Waals surface area contributed by atoms with Gasteiger partial charge in [0.1, 0.15) is 0 Å². The third-order valence-corrected chi connectivity index (χ3v) is 3.79. The predicted molar refractivity (Wildman–Crippen MR) is 94.9 cm³/mol. The minimum atomic E-state index is 0.601. The molecule has 0 spiro atoms. The highest BCUT2D eigenvalue weighted by atomic mass is 127. The second-order valence-electron chi connectivity index (χ2n) is 4.39. The van der Waals surface area contributed by atoms with Gasteiger partial charge in [-0.2, -0.15) is 0 Å². The maximum Gasteiger partial charge on any atom is 0.175 e. The first-order chi connectivity index (χ1) is 9.04. The van der Waals surface area contributed by atoms with Gasteiger partial charge in [-0.1, -0.05) is 6.07 Å². The number of halogens is 1. The summed E-state index contributed by atoms with van der Waals surface area (Å²) in [5, 5.41) is 6.96. The number of rotatable bonds is 2. The molecule has 2 nitrogen and oxygen atoms in total. The van der Waals surface area contributed by atoms with E-state index in [-0.39, 0.29) is 0 Å². The molecule has 0 atom stereocenters. The zero-order valence-electron chi connectivity index (χ0n) is 10.8. The van der Waals surface area contributed by atoms with Gasteiger partial charge in [0.15, 0.2) is 5.11 Å². The van der Waals surface area contributed by atoms with Crippen LogP contribution in [0.4, 0.5) is 11.4 Å². The summed E-state index contributed by atoms with van der Waals surface area (Å²) in [6, 6.07) is 14.3. The molecule has 0 aromatic heterocycles. The lowest BCUT2D eigenvalue weighted by atomic mass is 10.1. The zero-order valence-corrected chi connectivity index (χ0v) is 13.8. The fourth-order valence-electron chi connectivity index (χ4n) is 1.65. The summed E-state index contributed by atoms with van der Waals surface area (Å²) in [7, 11) is 0. The molecule has 0 aliphatic carbocycles. The number of hydrogen-bond acceptors (Lipinski definition) is 1. The molecule has 0 fully saturated rings. The molecule has 0 saturated heterocycles. The van der Waals surface area contributed by atoms with Crippen molar-refractivity contribution >= 4 is 51.3 Å². The summed E-state index contributed by atoms with van der Waals surface area (Å²) >= 11 is 7.58. The Balaban J connectivity index is 2.01. The first-order valence-electron chi connectivity index (χ1n) is 5.95. The number of aryl methyl sites for hydroxylation is 2. The number of benzene rings is 2. The number of nitrogens with one attached hydrogen (secondary N) is 2. The molecule has 0 heterocycles. The fraction of sp³-hybridized carbons (Fsp3) is 0.133. The Morgan fingerprint density at radius 1 is 0.895 bits per heavy atom. The normalized spacial score (nSPS) is 10.1. The fourth-order valence-corrected chi connectivity index (χ4v) is 2.24. The van der Waals surface area contributed by atoms with Crippen LogP contribution in [0, 0.1) is 17.4 Å². The van der Waals surface area contributed by atoms with Gasteiger partial charge in [-0.05, 0) is 96.2 Å². The molecule has 0 aliphatic heterocycles. The summed E-state index contributed by atoms with van der Waals surface area (Å²) in [5.74, 6) is 0. The Morgan fingerprint density at radius 3 is 2.11 bits per heavy atom. The van der Waals surface area contributed by atoms with Crippen LogP contribution in [-0.2, 0) is 0 Å². The first-order valence-corrected chi connectivity index (χ1v) is 7.44. The Morgan fingerprint density at radius 2 is 1.47 bits per heavy atom. The highest BCUT2D eigenvalue weighted by Crippen LogP contribution is 2.15. The van der Waals surface area contributed by atoms with Crippen LogP contribution in [0.3, 0.4) is 0 Å². The maximum absolute atomic E-state index is 5.30. The Kier molecular flexibility index (Phi) is 4.76. The van der Waals surface area contributed by atoms with Gasteiger partial charge in [-0.25, -0.2) is 0 Å².